The molecule has 31 heavy (non-hydrogen) atoms. The summed E-state index contributed by atoms with van der Waals surface area (Å²) >= 11 is 1.59. The smallest absolute Gasteiger partial charge is 0.248 e. The molecule has 1 aliphatic rings. The van der Waals surface area contributed by atoms with Gasteiger partial charge in [0.05, 0.1) is 7.11 Å². The molecule has 5 nitrogen and oxygen atoms in total. The van der Waals surface area contributed by atoms with E-state index < -0.39 is 0 Å². The molecule has 1 aliphatic carbocycles. The van der Waals surface area contributed by atoms with Crippen LogP contribution >= 0.6 is 11.3 Å². The maximum atomic E-state index is 12.3. The Morgan fingerprint density at radius 3 is 2.71 bits per heavy atom. The number of ether oxygens (including phenoxy) is 2. The summed E-state index contributed by atoms with van der Waals surface area (Å²) < 4.78 is 11.6. The van der Waals surface area contributed by atoms with Crippen molar-refractivity contribution in [2.24, 2.45) is 0 Å². The van der Waals surface area contributed by atoms with Crippen molar-refractivity contribution in [2.45, 2.75) is 58.0 Å². The van der Waals surface area contributed by atoms with Crippen LogP contribution in [-0.2, 0) is 4.79 Å². The predicted molar refractivity (Wildman–Crippen MR) is 129 cm³/mol. The minimum Gasteiger partial charge on any atom is -0.493 e. The van der Waals surface area contributed by atoms with Crippen LogP contribution in [0.15, 0.2) is 41.8 Å². The first kappa shape index (κ1) is 23.4. The van der Waals surface area contributed by atoms with Gasteiger partial charge in [-0.05, 0) is 56.3 Å². The maximum Gasteiger partial charge on any atom is 0.248 e. The second kappa shape index (κ2) is 11.9. The molecule has 1 N–H and O–H groups in total. The number of amides is 1. The number of methoxy groups -OCH3 is 1. The zero-order valence-corrected chi connectivity index (χ0v) is 19.6. The van der Waals surface area contributed by atoms with Gasteiger partial charge in [-0.3, -0.25) is 9.69 Å². The van der Waals surface area contributed by atoms with E-state index in [0.717, 1.165) is 11.4 Å². The fraction of sp³-hybridized carbons (Fsp3) is 0.480. The molecule has 1 saturated carbocycles. The summed E-state index contributed by atoms with van der Waals surface area (Å²) in [6.45, 7) is 5.98. The highest BCUT2D eigenvalue weighted by Gasteiger charge is 2.23. The van der Waals surface area contributed by atoms with Crippen molar-refractivity contribution in [3.63, 3.8) is 0 Å². The number of rotatable bonds is 10. The van der Waals surface area contributed by atoms with Crippen LogP contribution in [-0.4, -0.2) is 43.2 Å². The fourth-order valence-corrected chi connectivity index (χ4v) is 4.75. The lowest BCUT2D eigenvalue weighted by molar-refractivity contribution is -0.111. The first-order chi connectivity index (χ1) is 15.1. The molecular formula is C25H34N2O3S. The van der Waals surface area contributed by atoms with Gasteiger partial charge in [0.2, 0.25) is 5.91 Å². The zero-order valence-electron chi connectivity index (χ0n) is 18.8. The summed E-state index contributed by atoms with van der Waals surface area (Å²) in [6, 6.07) is 10.6. The Labute approximate surface area is 190 Å². The maximum absolute atomic E-state index is 12.3. The first-order valence-corrected chi connectivity index (χ1v) is 12.0. The molecule has 6 heteroatoms. The highest BCUT2D eigenvalue weighted by Crippen LogP contribution is 2.31. The van der Waals surface area contributed by atoms with Crippen LogP contribution in [0.25, 0.3) is 6.08 Å². The molecule has 0 spiro atoms. The third-order valence-electron chi connectivity index (χ3n) is 5.69. The van der Waals surface area contributed by atoms with Crippen LogP contribution in [0.4, 0.5) is 5.69 Å². The Balaban J connectivity index is 1.58. The molecule has 0 atom stereocenters. The van der Waals surface area contributed by atoms with Crippen LogP contribution < -0.4 is 14.8 Å². The Hall–Kier alpha value is -2.31. The van der Waals surface area contributed by atoms with Crippen molar-refractivity contribution in [3.05, 3.63) is 46.7 Å². The molecule has 0 radical (unpaired) electrons. The SMILES string of the molecule is COc1ccc(NC(=O)C=Cc2cccs2)cc1OCCN(C(C)C)C1CCCCC1. The number of nitrogens with zero attached hydrogens (tertiary/aromatic N) is 1. The summed E-state index contributed by atoms with van der Waals surface area (Å²) in [4.78, 5) is 15.9. The van der Waals surface area contributed by atoms with Crippen LogP contribution in [0.3, 0.4) is 0 Å². The number of nitrogens with one attached hydrogen (secondary N) is 1. The molecule has 3 rings (SSSR count). The second-order valence-electron chi connectivity index (χ2n) is 8.18. The van der Waals surface area contributed by atoms with Gasteiger partial charge in [0.1, 0.15) is 6.61 Å². The summed E-state index contributed by atoms with van der Waals surface area (Å²) in [5, 5.41) is 4.88. The van der Waals surface area contributed by atoms with Crippen molar-refractivity contribution in [3.8, 4) is 11.5 Å². The van der Waals surface area contributed by atoms with Gasteiger partial charge in [-0.25, -0.2) is 0 Å². The molecule has 0 saturated heterocycles. The summed E-state index contributed by atoms with van der Waals surface area (Å²) in [6.07, 6.45) is 9.92. The Morgan fingerprint density at radius 2 is 2.03 bits per heavy atom. The minimum atomic E-state index is -0.173. The molecule has 1 fully saturated rings. The second-order valence-corrected chi connectivity index (χ2v) is 9.15. The van der Waals surface area contributed by atoms with Crippen molar-refractivity contribution < 1.29 is 14.3 Å². The normalized spacial score (nSPS) is 15.0. The van der Waals surface area contributed by atoms with E-state index in [4.69, 9.17) is 9.47 Å². The highest BCUT2D eigenvalue weighted by molar-refractivity contribution is 7.10. The van der Waals surface area contributed by atoms with E-state index in [1.807, 2.05) is 41.8 Å². The number of thiophene rings is 1. The minimum absolute atomic E-state index is 0.173. The molecular weight excluding hydrogens is 408 g/mol. The number of carbonyl (C=O) groups excluding carboxylic acids is 1. The van der Waals surface area contributed by atoms with Crippen molar-refractivity contribution >= 4 is 29.0 Å². The van der Waals surface area contributed by atoms with Gasteiger partial charge in [0.15, 0.2) is 11.5 Å². The van der Waals surface area contributed by atoms with E-state index in [-0.39, 0.29) is 5.91 Å². The van der Waals surface area contributed by atoms with Crippen LogP contribution in [0, 0.1) is 0 Å². The average molecular weight is 443 g/mol. The molecule has 0 unspecified atom stereocenters. The number of hydrogen-bond acceptors (Lipinski definition) is 5. The monoisotopic (exact) mass is 442 g/mol. The summed E-state index contributed by atoms with van der Waals surface area (Å²) in [7, 11) is 1.63. The standard InChI is InChI=1S/C25H34N2O3S/c1-19(2)27(21-8-5-4-6-9-21)15-16-30-24-18-20(11-13-23(24)29-3)26-25(28)14-12-22-10-7-17-31-22/h7,10-14,17-19,21H,4-6,8-9,15-16H2,1-3H3,(H,26,28). The lowest BCUT2D eigenvalue weighted by Crippen LogP contribution is -2.43. The van der Waals surface area contributed by atoms with Gasteiger partial charge in [0.25, 0.3) is 0 Å². The lowest BCUT2D eigenvalue weighted by Gasteiger charge is -2.37. The molecule has 1 amide bonds. The van der Waals surface area contributed by atoms with Gasteiger partial charge >= 0.3 is 0 Å². The van der Waals surface area contributed by atoms with Crippen molar-refractivity contribution in [1.29, 1.82) is 0 Å². The van der Waals surface area contributed by atoms with E-state index >= 15 is 0 Å². The summed E-state index contributed by atoms with van der Waals surface area (Å²) in [5.41, 5.74) is 0.685. The number of anilines is 1. The Bertz CT molecular complexity index is 842. The first-order valence-electron chi connectivity index (χ1n) is 11.2. The third-order valence-corrected chi connectivity index (χ3v) is 6.52. The van der Waals surface area contributed by atoms with Gasteiger partial charge in [0, 0.05) is 41.3 Å². The number of hydrogen-bond donors (Lipinski definition) is 1. The molecule has 1 aromatic carbocycles. The van der Waals surface area contributed by atoms with E-state index in [0.29, 0.717) is 35.9 Å². The van der Waals surface area contributed by atoms with Gasteiger partial charge < -0.3 is 14.8 Å². The van der Waals surface area contributed by atoms with Crippen LogP contribution in [0.1, 0.15) is 50.8 Å². The average Bonchev–Trinajstić information content (AvgIpc) is 3.29. The lowest BCUT2D eigenvalue weighted by atomic mass is 9.93. The van der Waals surface area contributed by atoms with E-state index in [9.17, 15) is 4.79 Å². The number of carbonyl (C=O) groups is 1. The fourth-order valence-electron chi connectivity index (χ4n) is 4.13. The van der Waals surface area contributed by atoms with E-state index in [1.165, 1.54) is 32.1 Å². The highest BCUT2D eigenvalue weighted by atomic mass is 32.1. The van der Waals surface area contributed by atoms with Gasteiger partial charge in [-0.2, -0.15) is 0 Å². The largest absolute Gasteiger partial charge is 0.493 e. The number of benzene rings is 1. The molecule has 0 aliphatic heterocycles. The van der Waals surface area contributed by atoms with Crippen LogP contribution in [0.2, 0.25) is 0 Å². The zero-order chi connectivity index (χ0) is 22.1. The van der Waals surface area contributed by atoms with Gasteiger partial charge in [-0.15, -0.1) is 11.3 Å². The van der Waals surface area contributed by atoms with Gasteiger partial charge in [-0.1, -0.05) is 25.3 Å². The molecule has 1 heterocycles. The predicted octanol–water partition coefficient (Wildman–Crippen LogP) is 5.83. The molecule has 168 valence electrons. The van der Waals surface area contributed by atoms with Crippen molar-refractivity contribution in [2.75, 3.05) is 25.6 Å². The third kappa shape index (κ3) is 7.11. The Kier molecular flexibility index (Phi) is 8.98. The van der Waals surface area contributed by atoms with E-state index in [1.54, 1.807) is 24.5 Å². The van der Waals surface area contributed by atoms with E-state index in [2.05, 4.69) is 24.1 Å². The topological polar surface area (TPSA) is 50.8 Å². The van der Waals surface area contributed by atoms with Crippen molar-refractivity contribution in [1.82, 2.24) is 4.90 Å². The molecule has 0 bridgehead atoms. The quantitative estimate of drug-likeness (QED) is 0.470. The molecule has 2 aromatic rings. The van der Waals surface area contributed by atoms with Crippen LogP contribution in [0.5, 0.6) is 11.5 Å². The Morgan fingerprint density at radius 1 is 1.23 bits per heavy atom. The summed E-state index contributed by atoms with van der Waals surface area (Å²) in [5.74, 6) is 1.14. The molecule has 1 aromatic heterocycles.